The van der Waals surface area contributed by atoms with Crippen LogP contribution in [0.2, 0.25) is 5.02 Å². The minimum Gasteiger partial charge on any atom is -0.487 e. The van der Waals surface area contributed by atoms with E-state index < -0.39 is 0 Å². The molecule has 0 saturated heterocycles. The van der Waals surface area contributed by atoms with Crippen molar-refractivity contribution in [3.63, 3.8) is 0 Å². The van der Waals surface area contributed by atoms with E-state index in [2.05, 4.69) is 41.9 Å². The van der Waals surface area contributed by atoms with Crippen molar-refractivity contribution < 1.29 is 9.53 Å². The first-order chi connectivity index (χ1) is 16.1. The van der Waals surface area contributed by atoms with Crippen LogP contribution in [-0.4, -0.2) is 39.0 Å². The van der Waals surface area contributed by atoms with E-state index in [9.17, 15) is 4.79 Å². The summed E-state index contributed by atoms with van der Waals surface area (Å²) in [5, 5.41) is 16.0. The Bertz CT molecular complexity index is 1230. The van der Waals surface area contributed by atoms with Gasteiger partial charge in [-0.25, -0.2) is 4.68 Å². The third-order valence-corrected chi connectivity index (χ3v) is 5.55. The summed E-state index contributed by atoms with van der Waals surface area (Å²) in [6.45, 7) is 1.65. The van der Waals surface area contributed by atoms with Crippen molar-refractivity contribution in [1.82, 2.24) is 25.3 Å². The minimum atomic E-state index is -0.121. The minimum absolute atomic E-state index is 0.106. The van der Waals surface area contributed by atoms with Gasteiger partial charge in [0, 0.05) is 39.9 Å². The maximum Gasteiger partial charge on any atom is 0.241 e. The fraction of sp³-hybridized carbons (Fsp3) is 0.217. The number of aromatic nitrogens is 4. The summed E-state index contributed by atoms with van der Waals surface area (Å²) in [6, 6.07) is 15.1. The molecule has 170 valence electrons. The predicted octanol–water partition coefficient (Wildman–Crippen LogP) is 4.44. The van der Waals surface area contributed by atoms with Crippen LogP contribution in [0.1, 0.15) is 12.1 Å². The van der Waals surface area contributed by atoms with Crippen molar-refractivity contribution in [2.75, 3.05) is 18.4 Å². The van der Waals surface area contributed by atoms with Crippen LogP contribution in [0.5, 0.6) is 5.75 Å². The molecule has 0 radical (unpaired) electrons. The fourth-order valence-electron chi connectivity index (χ4n) is 3.19. The van der Waals surface area contributed by atoms with Gasteiger partial charge in [0.15, 0.2) is 0 Å². The van der Waals surface area contributed by atoms with Gasteiger partial charge in [0.1, 0.15) is 24.6 Å². The zero-order valence-electron chi connectivity index (χ0n) is 17.7. The monoisotopic (exact) mass is 528 g/mol. The van der Waals surface area contributed by atoms with Crippen LogP contribution in [0.25, 0.3) is 10.9 Å². The zero-order chi connectivity index (χ0) is 23.0. The maximum atomic E-state index is 12.2. The number of amides is 1. The van der Waals surface area contributed by atoms with Crippen molar-refractivity contribution in [1.29, 1.82) is 0 Å². The summed E-state index contributed by atoms with van der Waals surface area (Å²) in [6.07, 6.45) is 4.23. The van der Waals surface area contributed by atoms with Crippen molar-refractivity contribution >= 4 is 50.0 Å². The molecular weight excluding hydrogens is 508 g/mol. The predicted molar refractivity (Wildman–Crippen MR) is 131 cm³/mol. The highest BCUT2D eigenvalue weighted by Gasteiger charge is 2.07. The van der Waals surface area contributed by atoms with Crippen LogP contribution in [0, 0.1) is 0 Å². The van der Waals surface area contributed by atoms with Gasteiger partial charge < -0.3 is 15.4 Å². The number of anilines is 1. The van der Waals surface area contributed by atoms with Crippen LogP contribution in [0.15, 0.2) is 65.4 Å². The van der Waals surface area contributed by atoms with E-state index in [1.54, 1.807) is 12.4 Å². The summed E-state index contributed by atoms with van der Waals surface area (Å²) in [5.74, 6) is 0.618. The maximum absolute atomic E-state index is 12.2. The largest absolute Gasteiger partial charge is 0.487 e. The van der Waals surface area contributed by atoms with E-state index in [1.165, 1.54) is 4.68 Å². The number of nitrogens with zero attached hydrogens (tertiary/aromatic N) is 4. The van der Waals surface area contributed by atoms with Crippen LogP contribution in [0.4, 0.5) is 5.69 Å². The molecule has 33 heavy (non-hydrogen) atoms. The van der Waals surface area contributed by atoms with Gasteiger partial charge in [-0.05, 0) is 55.0 Å². The number of carbonyl (C=O) groups excluding carboxylic acids is 1. The first-order valence-electron chi connectivity index (χ1n) is 10.4. The summed E-state index contributed by atoms with van der Waals surface area (Å²) in [4.78, 5) is 16.5. The molecular formula is C23H22BrClN6O2. The van der Waals surface area contributed by atoms with Crippen molar-refractivity contribution in [2.45, 2.75) is 19.6 Å². The molecule has 4 rings (SSSR count). The second kappa shape index (κ2) is 11.1. The summed E-state index contributed by atoms with van der Waals surface area (Å²) >= 11 is 9.42. The van der Waals surface area contributed by atoms with Gasteiger partial charge in [0.2, 0.25) is 5.91 Å². The van der Waals surface area contributed by atoms with E-state index in [0.29, 0.717) is 23.8 Å². The average molecular weight is 530 g/mol. The second-order valence-corrected chi connectivity index (χ2v) is 8.65. The molecule has 0 saturated carbocycles. The molecule has 0 aliphatic rings. The molecule has 0 fully saturated rings. The highest BCUT2D eigenvalue weighted by atomic mass is 79.9. The van der Waals surface area contributed by atoms with Gasteiger partial charge >= 0.3 is 0 Å². The topological polar surface area (TPSA) is 94.0 Å². The quantitative estimate of drug-likeness (QED) is 0.295. The Balaban J connectivity index is 1.16. The van der Waals surface area contributed by atoms with Crippen molar-refractivity contribution in [2.24, 2.45) is 0 Å². The molecule has 0 aliphatic heterocycles. The third kappa shape index (κ3) is 6.66. The third-order valence-electron chi connectivity index (χ3n) is 4.79. The number of halogens is 2. The highest BCUT2D eigenvalue weighted by molar-refractivity contribution is 9.10. The van der Waals surface area contributed by atoms with Crippen molar-refractivity contribution in [3.05, 3.63) is 76.1 Å². The van der Waals surface area contributed by atoms with E-state index in [4.69, 9.17) is 16.3 Å². The fourth-order valence-corrected chi connectivity index (χ4v) is 3.62. The SMILES string of the molecule is O=C(Cn1cc(COc2ccc(Br)cc2)nn1)NCCCNc1ccnc2cc(Cl)ccc12. The lowest BCUT2D eigenvalue weighted by Crippen LogP contribution is -2.29. The first-order valence-corrected chi connectivity index (χ1v) is 11.6. The summed E-state index contributed by atoms with van der Waals surface area (Å²) in [7, 11) is 0. The lowest BCUT2D eigenvalue weighted by molar-refractivity contribution is -0.121. The smallest absolute Gasteiger partial charge is 0.241 e. The number of pyridine rings is 1. The molecule has 0 bridgehead atoms. The number of rotatable bonds is 10. The molecule has 8 nitrogen and oxygen atoms in total. The Labute approximate surface area is 204 Å². The first kappa shape index (κ1) is 23.0. The van der Waals surface area contributed by atoms with Gasteiger partial charge in [-0.3, -0.25) is 9.78 Å². The number of benzene rings is 2. The van der Waals surface area contributed by atoms with Crippen LogP contribution in [-0.2, 0) is 17.9 Å². The average Bonchev–Trinajstić information content (AvgIpc) is 3.25. The van der Waals surface area contributed by atoms with Gasteiger partial charge in [-0.1, -0.05) is 32.7 Å². The molecule has 1 amide bonds. The number of ether oxygens (including phenoxy) is 1. The molecule has 2 aromatic heterocycles. The van der Waals surface area contributed by atoms with E-state index in [-0.39, 0.29) is 19.1 Å². The summed E-state index contributed by atoms with van der Waals surface area (Å²) in [5.41, 5.74) is 2.49. The number of fused-ring (bicyclic) bond motifs is 1. The molecule has 4 aromatic rings. The molecule has 0 unspecified atom stereocenters. The molecule has 2 aromatic carbocycles. The molecule has 0 atom stereocenters. The molecule has 10 heteroatoms. The van der Waals surface area contributed by atoms with Gasteiger partial charge in [-0.2, -0.15) is 0 Å². The number of nitrogens with one attached hydrogen (secondary N) is 2. The van der Waals surface area contributed by atoms with Gasteiger partial charge in [0.05, 0.1) is 11.7 Å². The molecule has 2 N–H and O–H groups in total. The van der Waals surface area contributed by atoms with Crippen molar-refractivity contribution in [3.8, 4) is 5.75 Å². The van der Waals surface area contributed by atoms with E-state index in [0.717, 1.165) is 33.2 Å². The Kier molecular flexibility index (Phi) is 7.74. The second-order valence-electron chi connectivity index (χ2n) is 7.30. The Hall–Kier alpha value is -3.17. The Morgan fingerprint density at radius 2 is 1.97 bits per heavy atom. The zero-order valence-corrected chi connectivity index (χ0v) is 20.0. The van der Waals surface area contributed by atoms with Crippen LogP contribution >= 0.6 is 27.5 Å². The Morgan fingerprint density at radius 1 is 1.12 bits per heavy atom. The lowest BCUT2D eigenvalue weighted by atomic mass is 10.2. The highest BCUT2D eigenvalue weighted by Crippen LogP contribution is 2.24. The van der Waals surface area contributed by atoms with Gasteiger partial charge in [-0.15, -0.1) is 5.10 Å². The lowest BCUT2D eigenvalue weighted by Gasteiger charge is -2.10. The normalized spacial score (nSPS) is 10.8. The number of carbonyl (C=O) groups is 1. The van der Waals surface area contributed by atoms with E-state index >= 15 is 0 Å². The summed E-state index contributed by atoms with van der Waals surface area (Å²) < 4.78 is 8.16. The molecule has 0 aliphatic carbocycles. The molecule has 0 spiro atoms. The molecule has 2 heterocycles. The van der Waals surface area contributed by atoms with Crippen LogP contribution in [0.3, 0.4) is 0 Å². The Morgan fingerprint density at radius 3 is 2.82 bits per heavy atom. The number of hydrogen-bond donors (Lipinski definition) is 2. The number of hydrogen-bond acceptors (Lipinski definition) is 6. The van der Waals surface area contributed by atoms with Crippen LogP contribution < -0.4 is 15.4 Å². The standard InChI is InChI=1S/C23H22BrClN6O2/c24-16-2-5-19(6-3-16)33-15-18-13-31(30-29-18)14-23(32)28-10-1-9-26-21-8-11-27-22-12-17(25)4-7-20(21)22/h2-8,11-13H,1,9-10,14-15H2,(H,26,27)(H,28,32). The van der Waals surface area contributed by atoms with Gasteiger partial charge in [0.25, 0.3) is 0 Å². The van der Waals surface area contributed by atoms with E-state index in [1.807, 2.05) is 48.5 Å².